The summed E-state index contributed by atoms with van der Waals surface area (Å²) < 4.78 is 6.78. The maximum absolute atomic E-state index is 5.67. The van der Waals surface area contributed by atoms with Crippen LogP contribution < -0.4 is 10.1 Å². The first-order chi connectivity index (χ1) is 10.1. The van der Waals surface area contributed by atoms with E-state index < -0.39 is 0 Å². The summed E-state index contributed by atoms with van der Waals surface area (Å²) in [7, 11) is 0. The Morgan fingerprint density at radius 1 is 1.10 bits per heavy atom. The van der Waals surface area contributed by atoms with Gasteiger partial charge in [-0.15, -0.1) is 0 Å². The Hall–Kier alpha value is -1.48. The molecule has 0 spiro atoms. The molecule has 2 aromatic carbocycles. The van der Waals surface area contributed by atoms with Crippen LogP contribution in [-0.4, -0.2) is 6.10 Å². The summed E-state index contributed by atoms with van der Waals surface area (Å²) in [6.45, 7) is 6.26. The quantitative estimate of drug-likeness (QED) is 0.712. The van der Waals surface area contributed by atoms with Crippen LogP contribution in [0.1, 0.15) is 38.8 Å². The summed E-state index contributed by atoms with van der Waals surface area (Å²) in [5.41, 5.74) is 2.40. The third-order valence-corrected chi connectivity index (χ3v) is 3.72. The third kappa shape index (κ3) is 4.78. The Morgan fingerprint density at radius 3 is 2.38 bits per heavy atom. The molecule has 112 valence electrons. The van der Waals surface area contributed by atoms with E-state index in [-0.39, 0.29) is 6.10 Å². The van der Waals surface area contributed by atoms with Gasteiger partial charge in [0.15, 0.2) is 0 Å². The van der Waals surface area contributed by atoms with Crippen LogP contribution in [0.2, 0.25) is 0 Å². The van der Waals surface area contributed by atoms with Crippen LogP contribution in [0.15, 0.2) is 53.0 Å². The molecule has 1 unspecified atom stereocenters. The maximum atomic E-state index is 5.67. The molecule has 0 aliphatic heterocycles. The minimum atomic E-state index is 0.203. The van der Waals surface area contributed by atoms with Crippen molar-refractivity contribution in [3.63, 3.8) is 0 Å². The summed E-state index contributed by atoms with van der Waals surface area (Å²) >= 11 is 3.53. The number of ether oxygens (including phenoxy) is 1. The Bertz CT molecular complexity index is 566. The predicted octanol–water partition coefficient (Wildman–Crippen LogP) is 5.80. The summed E-state index contributed by atoms with van der Waals surface area (Å²) in [5.74, 6) is 0.908. The van der Waals surface area contributed by atoms with Crippen LogP contribution in [0.5, 0.6) is 5.75 Å². The average Bonchev–Trinajstić information content (AvgIpc) is 2.46. The van der Waals surface area contributed by atoms with E-state index in [4.69, 9.17) is 4.74 Å². The van der Waals surface area contributed by atoms with Gasteiger partial charge in [0.1, 0.15) is 5.75 Å². The minimum Gasteiger partial charge on any atom is -0.491 e. The molecule has 0 radical (unpaired) electrons. The fourth-order valence-corrected chi connectivity index (χ4v) is 2.66. The predicted molar refractivity (Wildman–Crippen MR) is 93.0 cm³/mol. The Labute approximate surface area is 135 Å². The molecule has 21 heavy (non-hydrogen) atoms. The lowest BCUT2D eigenvalue weighted by molar-refractivity contribution is 0.242. The highest BCUT2D eigenvalue weighted by molar-refractivity contribution is 9.10. The van der Waals surface area contributed by atoms with Crippen LogP contribution in [0, 0.1) is 0 Å². The topological polar surface area (TPSA) is 21.3 Å². The lowest BCUT2D eigenvalue weighted by atomic mass is 10.0. The number of nitrogens with one attached hydrogen (secondary N) is 1. The lowest BCUT2D eigenvalue weighted by Crippen LogP contribution is -2.10. The first-order valence-corrected chi connectivity index (χ1v) is 8.16. The molecule has 2 aromatic rings. The fourth-order valence-electron chi connectivity index (χ4n) is 2.25. The molecule has 2 rings (SSSR count). The molecule has 1 N–H and O–H groups in total. The van der Waals surface area contributed by atoms with Crippen molar-refractivity contribution >= 4 is 21.6 Å². The van der Waals surface area contributed by atoms with Gasteiger partial charge in [-0.2, -0.15) is 0 Å². The van der Waals surface area contributed by atoms with Crippen molar-refractivity contribution in [1.29, 1.82) is 0 Å². The number of benzene rings is 2. The monoisotopic (exact) mass is 347 g/mol. The zero-order chi connectivity index (χ0) is 15.2. The van der Waals surface area contributed by atoms with Crippen molar-refractivity contribution in [3.05, 3.63) is 58.6 Å². The Balaban J connectivity index is 2.08. The standard InChI is InChI=1S/C18H22BrNO/c1-4-18(14-6-5-7-15(19)12-14)20-16-8-10-17(11-9-16)21-13(2)3/h5-13,18,20H,4H2,1-3H3. The Morgan fingerprint density at radius 2 is 1.81 bits per heavy atom. The lowest BCUT2D eigenvalue weighted by Gasteiger charge is -2.19. The second-order valence-corrected chi connectivity index (χ2v) is 6.27. The van der Waals surface area contributed by atoms with Gasteiger partial charge in [-0.25, -0.2) is 0 Å². The number of hydrogen-bond donors (Lipinski definition) is 1. The van der Waals surface area contributed by atoms with E-state index in [9.17, 15) is 0 Å². The highest BCUT2D eigenvalue weighted by Crippen LogP contribution is 2.26. The van der Waals surface area contributed by atoms with Gasteiger partial charge in [0.25, 0.3) is 0 Å². The first kappa shape index (κ1) is 15.9. The van der Waals surface area contributed by atoms with Gasteiger partial charge in [0.05, 0.1) is 12.1 Å². The van der Waals surface area contributed by atoms with Gasteiger partial charge < -0.3 is 10.1 Å². The molecule has 0 saturated carbocycles. The van der Waals surface area contributed by atoms with Crippen molar-refractivity contribution in [3.8, 4) is 5.75 Å². The second-order valence-electron chi connectivity index (χ2n) is 5.35. The van der Waals surface area contributed by atoms with Gasteiger partial charge in [-0.1, -0.05) is 35.0 Å². The third-order valence-electron chi connectivity index (χ3n) is 3.23. The van der Waals surface area contributed by atoms with Gasteiger partial charge in [-0.05, 0) is 62.2 Å². The number of rotatable bonds is 6. The minimum absolute atomic E-state index is 0.203. The highest BCUT2D eigenvalue weighted by atomic mass is 79.9. The second kappa shape index (κ2) is 7.51. The van der Waals surface area contributed by atoms with E-state index in [1.807, 2.05) is 32.0 Å². The molecule has 0 bridgehead atoms. The number of anilines is 1. The summed E-state index contributed by atoms with van der Waals surface area (Å²) in [6.07, 6.45) is 1.23. The summed E-state index contributed by atoms with van der Waals surface area (Å²) in [6, 6.07) is 16.9. The van der Waals surface area contributed by atoms with E-state index in [0.717, 1.165) is 22.3 Å². The molecule has 0 fully saturated rings. The number of hydrogen-bond acceptors (Lipinski definition) is 2. The summed E-state index contributed by atoms with van der Waals surface area (Å²) in [5, 5.41) is 3.58. The van der Waals surface area contributed by atoms with Crippen LogP contribution in [0.25, 0.3) is 0 Å². The normalized spacial score (nSPS) is 12.2. The van der Waals surface area contributed by atoms with Crippen LogP contribution >= 0.6 is 15.9 Å². The molecular formula is C18H22BrNO. The van der Waals surface area contributed by atoms with Crippen molar-refractivity contribution in [2.75, 3.05) is 5.32 Å². The van der Waals surface area contributed by atoms with Gasteiger partial charge in [0, 0.05) is 10.2 Å². The largest absolute Gasteiger partial charge is 0.491 e. The van der Waals surface area contributed by atoms with Crippen LogP contribution in [-0.2, 0) is 0 Å². The molecule has 0 amide bonds. The molecule has 0 heterocycles. The van der Waals surface area contributed by atoms with Crippen molar-refractivity contribution in [2.45, 2.75) is 39.3 Å². The van der Waals surface area contributed by atoms with Gasteiger partial charge in [0.2, 0.25) is 0 Å². The van der Waals surface area contributed by atoms with E-state index in [1.165, 1.54) is 5.56 Å². The van der Waals surface area contributed by atoms with E-state index in [2.05, 4.69) is 58.5 Å². The average molecular weight is 348 g/mol. The molecule has 0 saturated heterocycles. The van der Waals surface area contributed by atoms with Gasteiger partial charge in [-0.3, -0.25) is 0 Å². The fraction of sp³-hybridized carbons (Fsp3) is 0.333. The summed E-state index contributed by atoms with van der Waals surface area (Å²) in [4.78, 5) is 0. The molecule has 0 aliphatic carbocycles. The van der Waals surface area contributed by atoms with Crippen molar-refractivity contribution in [2.24, 2.45) is 0 Å². The molecule has 0 aliphatic rings. The van der Waals surface area contributed by atoms with Gasteiger partial charge >= 0.3 is 0 Å². The van der Waals surface area contributed by atoms with E-state index in [1.54, 1.807) is 0 Å². The molecule has 1 atom stereocenters. The van der Waals surface area contributed by atoms with E-state index >= 15 is 0 Å². The number of halogens is 1. The SMILES string of the molecule is CCC(Nc1ccc(OC(C)C)cc1)c1cccc(Br)c1. The van der Waals surface area contributed by atoms with Crippen molar-refractivity contribution in [1.82, 2.24) is 0 Å². The van der Waals surface area contributed by atoms with E-state index in [0.29, 0.717) is 6.04 Å². The zero-order valence-corrected chi connectivity index (χ0v) is 14.4. The smallest absolute Gasteiger partial charge is 0.119 e. The molecule has 0 aromatic heterocycles. The van der Waals surface area contributed by atoms with Crippen LogP contribution in [0.4, 0.5) is 5.69 Å². The molecular weight excluding hydrogens is 326 g/mol. The molecule has 3 heteroatoms. The molecule has 2 nitrogen and oxygen atoms in total. The first-order valence-electron chi connectivity index (χ1n) is 7.37. The Kier molecular flexibility index (Phi) is 5.68. The maximum Gasteiger partial charge on any atom is 0.119 e. The van der Waals surface area contributed by atoms with Crippen molar-refractivity contribution < 1.29 is 4.74 Å². The zero-order valence-electron chi connectivity index (χ0n) is 12.8. The highest BCUT2D eigenvalue weighted by Gasteiger charge is 2.09. The van der Waals surface area contributed by atoms with Crippen LogP contribution in [0.3, 0.4) is 0 Å².